The van der Waals surface area contributed by atoms with E-state index in [1.807, 2.05) is 0 Å². The van der Waals surface area contributed by atoms with Gasteiger partial charge in [-0.3, -0.25) is 0 Å². The van der Waals surface area contributed by atoms with Crippen LogP contribution >= 0.6 is 0 Å². The van der Waals surface area contributed by atoms with E-state index < -0.39 is 34.8 Å². The van der Waals surface area contributed by atoms with Crippen molar-refractivity contribution in [2.45, 2.75) is 12.4 Å². The average molecular weight is 255 g/mol. The van der Waals surface area contributed by atoms with E-state index in [1.54, 1.807) is 0 Å². The molecule has 0 bridgehead atoms. The molecule has 0 fully saturated rings. The summed E-state index contributed by atoms with van der Waals surface area (Å²) in [6.07, 6.45) is -10.6. The Morgan fingerprint density at radius 1 is 1.00 bits per heavy atom. The summed E-state index contributed by atoms with van der Waals surface area (Å²) in [5.74, 6) is -1.05. The second-order valence-electron chi connectivity index (χ2n) is 3.02. The van der Waals surface area contributed by atoms with E-state index in [9.17, 15) is 26.3 Å². The lowest BCUT2D eigenvalue weighted by Gasteiger charge is -2.16. The Hall–Kier alpha value is -1.91. The summed E-state index contributed by atoms with van der Waals surface area (Å²) >= 11 is 0. The molecule has 0 amide bonds. The van der Waals surface area contributed by atoms with Gasteiger partial charge in [0.25, 0.3) is 0 Å². The highest BCUT2D eigenvalue weighted by atomic mass is 19.4. The maximum atomic E-state index is 12.4. The quantitative estimate of drug-likeness (QED) is 0.723. The lowest BCUT2D eigenvalue weighted by Crippen LogP contribution is -2.18. The molecular weight excluding hydrogens is 252 g/mol. The molecule has 0 radical (unpaired) electrons. The maximum Gasteiger partial charge on any atom is 0.418 e. The lowest BCUT2D eigenvalue weighted by molar-refractivity contribution is -0.162. The molecule has 0 saturated carbocycles. The first-order chi connectivity index (χ1) is 7.57. The van der Waals surface area contributed by atoms with Crippen LogP contribution in [0.1, 0.15) is 16.7 Å². The molecule has 0 saturated heterocycles. The Morgan fingerprint density at radius 2 is 1.53 bits per heavy atom. The van der Waals surface area contributed by atoms with Crippen molar-refractivity contribution < 1.29 is 31.4 Å². The van der Waals surface area contributed by atoms with Gasteiger partial charge in [-0.15, -0.1) is 0 Å². The molecule has 0 unspecified atom stereocenters. The number of alkyl halides is 6. The third kappa shape index (κ3) is 2.61. The number of phenolic OH excluding ortho intramolecular Hbond substituents is 1. The molecule has 1 aromatic carbocycles. The van der Waals surface area contributed by atoms with Crippen molar-refractivity contribution in [1.82, 2.24) is 0 Å². The van der Waals surface area contributed by atoms with Crippen LogP contribution < -0.4 is 0 Å². The molecule has 0 atom stereocenters. The zero-order valence-corrected chi connectivity index (χ0v) is 7.82. The summed E-state index contributed by atoms with van der Waals surface area (Å²) in [5.41, 5.74) is -5.45. The molecular formula is C9H3F6NO. The van der Waals surface area contributed by atoms with Crippen molar-refractivity contribution in [1.29, 1.82) is 5.26 Å². The van der Waals surface area contributed by atoms with Gasteiger partial charge in [-0.1, -0.05) is 0 Å². The molecule has 17 heavy (non-hydrogen) atoms. The van der Waals surface area contributed by atoms with Crippen LogP contribution in [0, 0.1) is 11.3 Å². The zero-order valence-electron chi connectivity index (χ0n) is 7.82. The number of halogens is 6. The minimum atomic E-state index is -5.33. The van der Waals surface area contributed by atoms with Crippen LogP contribution in [-0.2, 0) is 12.4 Å². The van der Waals surface area contributed by atoms with Crippen molar-refractivity contribution in [2.24, 2.45) is 0 Å². The van der Waals surface area contributed by atoms with Gasteiger partial charge >= 0.3 is 12.4 Å². The van der Waals surface area contributed by atoms with E-state index in [0.717, 1.165) is 6.07 Å². The number of aromatic hydroxyl groups is 1. The highest BCUT2D eigenvalue weighted by Gasteiger charge is 2.45. The molecule has 0 spiro atoms. The third-order valence-electron chi connectivity index (χ3n) is 1.83. The number of benzene rings is 1. The van der Waals surface area contributed by atoms with Crippen molar-refractivity contribution in [3.63, 3.8) is 0 Å². The van der Waals surface area contributed by atoms with E-state index in [1.165, 1.54) is 0 Å². The van der Waals surface area contributed by atoms with Crippen molar-refractivity contribution >= 4 is 0 Å². The van der Waals surface area contributed by atoms with Gasteiger partial charge in [0.1, 0.15) is 5.75 Å². The first kappa shape index (κ1) is 13.2. The predicted octanol–water partition coefficient (Wildman–Crippen LogP) is 3.30. The van der Waals surface area contributed by atoms with Crippen LogP contribution in [0.3, 0.4) is 0 Å². The summed E-state index contributed by atoms with van der Waals surface area (Å²) < 4.78 is 74.3. The summed E-state index contributed by atoms with van der Waals surface area (Å²) in [4.78, 5) is 0. The van der Waals surface area contributed by atoms with Gasteiger partial charge in [0.05, 0.1) is 22.8 Å². The Labute approximate surface area is 90.7 Å². The van der Waals surface area contributed by atoms with Gasteiger partial charge < -0.3 is 5.11 Å². The topological polar surface area (TPSA) is 44.0 Å². The standard InChI is InChI=1S/C9H3F6NO/c10-8(11,12)6-2-5(17)1-4(3-16)7(6)9(13,14)15/h1-2,17H. The van der Waals surface area contributed by atoms with Crippen molar-refractivity contribution in [2.75, 3.05) is 0 Å². The third-order valence-corrected chi connectivity index (χ3v) is 1.83. The Kier molecular flexibility index (Phi) is 2.97. The van der Waals surface area contributed by atoms with Crippen molar-refractivity contribution in [3.05, 3.63) is 28.8 Å². The molecule has 0 heterocycles. The predicted molar refractivity (Wildman–Crippen MR) is 42.8 cm³/mol. The number of rotatable bonds is 0. The van der Waals surface area contributed by atoms with Crippen LogP contribution in [0.4, 0.5) is 26.3 Å². The molecule has 1 N–H and O–H groups in total. The summed E-state index contributed by atoms with van der Waals surface area (Å²) in [6.45, 7) is 0. The first-order valence-corrected chi connectivity index (χ1v) is 3.99. The molecule has 2 nitrogen and oxygen atoms in total. The van der Waals surface area contributed by atoms with Gasteiger partial charge in [0.15, 0.2) is 0 Å². The molecule has 0 aliphatic rings. The Balaban J connectivity index is 3.71. The van der Waals surface area contributed by atoms with E-state index in [4.69, 9.17) is 10.4 Å². The summed E-state index contributed by atoms with van der Waals surface area (Å²) in [6, 6.07) is 1.24. The van der Waals surface area contributed by atoms with Crippen LogP contribution in [0.2, 0.25) is 0 Å². The first-order valence-electron chi connectivity index (χ1n) is 3.99. The molecule has 0 aliphatic heterocycles. The number of hydrogen-bond acceptors (Lipinski definition) is 2. The summed E-state index contributed by atoms with van der Waals surface area (Å²) in [5, 5.41) is 17.2. The molecule has 92 valence electrons. The van der Waals surface area contributed by atoms with E-state index in [2.05, 4.69) is 0 Å². The minimum absolute atomic E-state index is 0.0658. The Morgan fingerprint density at radius 3 is 1.88 bits per heavy atom. The van der Waals surface area contributed by atoms with Crippen LogP contribution in [0.15, 0.2) is 12.1 Å². The zero-order chi connectivity index (χ0) is 13.4. The average Bonchev–Trinajstić information content (AvgIpc) is 2.12. The van der Waals surface area contributed by atoms with E-state index in [0.29, 0.717) is 6.07 Å². The van der Waals surface area contributed by atoms with Crippen molar-refractivity contribution in [3.8, 4) is 11.8 Å². The van der Waals surface area contributed by atoms with Gasteiger partial charge in [-0.25, -0.2) is 0 Å². The monoisotopic (exact) mass is 255 g/mol. The normalized spacial score (nSPS) is 12.3. The van der Waals surface area contributed by atoms with Crippen LogP contribution in [0.5, 0.6) is 5.75 Å². The second-order valence-corrected chi connectivity index (χ2v) is 3.02. The highest BCUT2D eigenvalue weighted by molar-refractivity contribution is 5.50. The molecule has 8 heteroatoms. The molecule has 0 aromatic heterocycles. The maximum absolute atomic E-state index is 12.4. The van der Waals surface area contributed by atoms with Gasteiger partial charge in [-0.05, 0) is 12.1 Å². The second kappa shape index (κ2) is 3.84. The van der Waals surface area contributed by atoms with Gasteiger partial charge in [0, 0.05) is 0 Å². The molecule has 1 rings (SSSR count). The fourth-order valence-electron chi connectivity index (χ4n) is 1.24. The largest absolute Gasteiger partial charge is 0.508 e. The number of hydrogen-bond donors (Lipinski definition) is 1. The van der Waals surface area contributed by atoms with Crippen LogP contribution in [0.25, 0.3) is 0 Å². The SMILES string of the molecule is N#Cc1cc(O)cc(C(F)(F)F)c1C(F)(F)F. The Bertz CT molecular complexity index is 482. The molecule has 0 aliphatic carbocycles. The van der Waals surface area contributed by atoms with Gasteiger partial charge in [0.2, 0.25) is 0 Å². The fourth-order valence-corrected chi connectivity index (χ4v) is 1.24. The number of phenols is 1. The summed E-state index contributed by atoms with van der Waals surface area (Å²) in [7, 11) is 0. The number of nitriles is 1. The highest BCUT2D eigenvalue weighted by Crippen LogP contribution is 2.43. The minimum Gasteiger partial charge on any atom is -0.508 e. The van der Waals surface area contributed by atoms with E-state index >= 15 is 0 Å². The fraction of sp³-hybridized carbons (Fsp3) is 0.222. The number of nitrogens with zero attached hydrogens (tertiary/aromatic N) is 1. The lowest BCUT2D eigenvalue weighted by atomic mass is 10.00. The smallest absolute Gasteiger partial charge is 0.418 e. The van der Waals surface area contributed by atoms with E-state index in [-0.39, 0.29) is 6.07 Å². The van der Waals surface area contributed by atoms with Gasteiger partial charge in [-0.2, -0.15) is 31.6 Å². The van der Waals surface area contributed by atoms with Crippen LogP contribution in [-0.4, -0.2) is 5.11 Å². The molecule has 1 aromatic rings.